The molecule has 2 aromatic rings. The van der Waals surface area contributed by atoms with Gasteiger partial charge in [0, 0.05) is 18.8 Å². The highest BCUT2D eigenvalue weighted by molar-refractivity contribution is 6.03. The number of benzene rings is 1. The summed E-state index contributed by atoms with van der Waals surface area (Å²) < 4.78 is 0. The molecule has 1 saturated heterocycles. The fourth-order valence-electron chi connectivity index (χ4n) is 2.93. The second-order valence-electron chi connectivity index (χ2n) is 5.87. The van der Waals surface area contributed by atoms with Gasteiger partial charge in [-0.25, -0.2) is 9.97 Å². The first kappa shape index (κ1) is 15.5. The second-order valence-corrected chi connectivity index (χ2v) is 5.87. The third-order valence-corrected chi connectivity index (χ3v) is 4.28. The molecule has 0 atom stereocenters. The van der Waals surface area contributed by atoms with Gasteiger partial charge in [0.2, 0.25) is 0 Å². The van der Waals surface area contributed by atoms with Crippen LogP contribution in [0.2, 0.25) is 0 Å². The summed E-state index contributed by atoms with van der Waals surface area (Å²) in [5, 5.41) is 2.98. The van der Waals surface area contributed by atoms with E-state index in [1.165, 1.54) is 12.8 Å². The summed E-state index contributed by atoms with van der Waals surface area (Å²) in [5.41, 5.74) is 3.41. The van der Waals surface area contributed by atoms with Crippen molar-refractivity contribution in [3.8, 4) is 0 Å². The second kappa shape index (κ2) is 6.77. The lowest BCUT2D eigenvalue weighted by Gasteiger charge is -2.16. The Labute approximate surface area is 136 Å². The van der Waals surface area contributed by atoms with Crippen LogP contribution in [0.25, 0.3) is 0 Å². The van der Waals surface area contributed by atoms with Gasteiger partial charge in [0.1, 0.15) is 11.5 Å². The maximum atomic E-state index is 12.4. The Bertz CT molecular complexity index is 691. The Morgan fingerprint density at radius 1 is 1.22 bits per heavy atom. The lowest BCUT2D eigenvalue weighted by molar-refractivity contribution is 0.102. The number of hydrogen-bond donors (Lipinski definition) is 1. The molecule has 1 aliphatic heterocycles. The van der Waals surface area contributed by atoms with E-state index in [1.54, 1.807) is 12.4 Å². The first-order chi connectivity index (χ1) is 11.2. The van der Waals surface area contributed by atoms with E-state index in [4.69, 9.17) is 0 Å². The van der Waals surface area contributed by atoms with Crippen molar-refractivity contribution >= 4 is 17.4 Å². The van der Waals surface area contributed by atoms with Gasteiger partial charge in [-0.1, -0.05) is 25.1 Å². The summed E-state index contributed by atoms with van der Waals surface area (Å²) in [6, 6.07) is 6.04. The molecule has 23 heavy (non-hydrogen) atoms. The highest BCUT2D eigenvalue weighted by Crippen LogP contribution is 2.22. The number of anilines is 2. The van der Waals surface area contributed by atoms with Gasteiger partial charge < -0.3 is 10.2 Å². The fourth-order valence-corrected chi connectivity index (χ4v) is 2.93. The lowest BCUT2D eigenvalue weighted by atomic mass is 10.1. The minimum absolute atomic E-state index is 0.213. The number of carbonyl (C=O) groups excluding carboxylic acids is 1. The molecule has 1 fully saturated rings. The molecule has 5 nitrogen and oxygen atoms in total. The Hall–Kier alpha value is -2.43. The SMILES string of the molecule is CCc1cccc(C)c1NC(=O)c1cnc(N2CCCC2)cn1. The van der Waals surface area contributed by atoms with Crippen molar-refractivity contribution in [1.29, 1.82) is 0 Å². The Balaban J connectivity index is 1.76. The predicted octanol–water partition coefficient (Wildman–Crippen LogP) is 3.20. The molecule has 1 N–H and O–H groups in total. The zero-order valence-corrected chi connectivity index (χ0v) is 13.7. The third-order valence-electron chi connectivity index (χ3n) is 4.28. The molecule has 0 bridgehead atoms. The van der Waals surface area contributed by atoms with Gasteiger partial charge in [-0.2, -0.15) is 0 Å². The molecular formula is C18H22N4O. The number of aryl methyl sites for hydroxylation is 2. The number of para-hydroxylation sites is 1. The van der Waals surface area contributed by atoms with Crippen LogP contribution in [0.3, 0.4) is 0 Å². The Kier molecular flexibility index (Phi) is 4.55. The normalized spacial score (nSPS) is 14.1. The van der Waals surface area contributed by atoms with Crippen LogP contribution in [0.15, 0.2) is 30.6 Å². The molecule has 3 rings (SSSR count). The average Bonchev–Trinajstić information content (AvgIpc) is 3.11. The zero-order chi connectivity index (χ0) is 16.2. The number of hydrogen-bond acceptors (Lipinski definition) is 4. The predicted molar refractivity (Wildman–Crippen MR) is 92.0 cm³/mol. The Morgan fingerprint density at radius 3 is 2.65 bits per heavy atom. The molecule has 5 heteroatoms. The maximum absolute atomic E-state index is 12.4. The average molecular weight is 310 g/mol. The van der Waals surface area contributed by atoms with Crippen molar-refractivity contribution in [3.63, 3.8) is 0 Å². The van der Waals surface area contributed by atoms with Crippen LogP contribution in [0.5, 0.6) is 0 Å². The van der Waals surface area contributed by atoms with Crippen LogP contribution in [0.1, 0.15) is 41.4 Å². The van der Waals surface area contributed by atoms with Crippen LogP contribution < -0.4 is 10.2 Å². The third kappa shape index (κ3) is 3.33. The smallest absolute Gasteiger partial charge is 0.275 e. The van der Waals surface area contributed by atoms with Crippen molar-refractivity contribution in [2.75, 3.05) is 23.3 Å². The van der Waals surface area contributed by atoms with E-state index in [2.05, 4.69) is 27.1 Å². The largest absolute Gasteiger partial charge is 0.355 e. The number of carbonyl (C=O) groups is 1. The van der Waals surface area contributed by atoms with Crippen molar-refractivity contribution in [1.82, 2.24) is 9.97 Å². The summed E-state index contributed by atoms with van der Waals surface area (Å²) in [5.74, 6) is 0.638. The molecule has 1 aromatic carbocycles. The molecule has 0 spiro atoms. The van der Waals surface area contributed by atoms with Crippen LogP contribution >= 0.6 is 0 Å². The van der Waals surface area contributed by atoms with Gasteiger partial charge in [0.25, 0.3) is 5.91 Å². The Morgan fingerprint density at radius 2 is 2.00 bits per heavy atom. The number of rotatable bonds is 4. The van der Waals surface area contributed by atoms with Crippen molar-refractivity contribution in [2.45, 2.75) is 33.1 Å². The number of nitrogens with one attached hydrogen (secondary N) is 1. The summed E-state index contributed by atoms with van der Waals surface area (Å²) in [6.07, 6.45) is 6.51. The highest BCUT2D eigenvalue weighted by atomic mass is 16.1. The minimum Gasteiger partial charge on any atom is -0.355 e. The van der Waals surface area contributed by atoms with Crippen LogP contribution in [-0.2, 0) is 6.42 Å². The number of amides is 1. The zero-order valence-electron chi connectivity index (χ0n) is 13.7. The van der Waals surface area contributed by atoms with Gasteiger partial charge in [-0.15, -0.1) is 0 Å². The van der Waals surface area contributed by atoms with Gasteiger partial charge in [-0.05, 0) is 37.3 Å². The summed E-state index contributed by atoms with van der Waals surface area (Å²) in [6.45, 7) is 6.11. The van der Waals surface area contributed by atoms with Gasteiger partial charge in [-0.3, -0.25) is 4.79 Å². The summed E-state index contributed by atoms with van der Waals surface area (Å²) in [7, 11) is 0. The fraction of sp³-hybridized carbons (Fsp3) is 0.389. The molecule has 1 aromatic heterocycles. The summed E-state index contributed by atoms with van der Waals surface area (Å²) in [4.78, 5) is 23.3. The molecule has 0 saturated carbocycles. The standard InChI is InChI=1S/C18H22N4O/c1-3-14-8-6-7-13(2)17(14)21-18(23)15-11-20-16(12-19-15)22-9-4-5-10-22/h6-8,11-12H,3-5,9-10H2,1-2H3,(H,21,23). The first-order valence-electron chi connectivity index (χ1n) is 8.16. The lowest BCUT2D eigenvalue weighted by Crippen LogP contribution is -2.21. The molecule has 1 amide bonds. The molecule has 0 unspecified atom stereocenters. The molecule has 1 aliphatic rings. The highest BCUT2D eigenvalue weighted by Gasteiger charge is 2.16. The topological polar surface area (TPSA) is 58.1 Å². The molecular weight excluding hydrogens is 288 g/mol. The monoisotopic (exact) mass is 310 g/mol. The number of aromatic nitrogens is 2. The van der Waals surface area contributed by atoms with Gasteiger partial charge in [0.15, 0.2) is 0 Å². The van der Waals surface area contributed by atoms with Crippen LogP contribution in [-0.4, -0.2) is 29.0 Å². The van der Waals surface area contributed by atoms with E-state index in [0.29, 0.717) is 5.69 Å². The van der Waals surface area contributed by atoms with E-state index in [1.807, 2.05) is 25.1 Å². The van der Waals surface area contributed by atoms with Crippen LogP contribution in [0, 0.1) is 6.92 Å². The van der Waals surface area contributed by atoms with E-state index < -0.39 is 0 Å². The van der Waals surface area contributed by atoms with Crippen LogP contribution in [0.4, 0.5) is 11.5 Å². The van der Waals surface area contributed by atoms with Gasteiger partial charge in [0.05, 0.1) is 12.4 Å². The quantitative estimate of drug-likeness (QED) is 0.942. The first-order valence-corrected chi connectivity index (χ1v) is 8.16. The minimum atomic E-state index is -0.213. The molecule has 0 aliphatic carbocycles. The van der Waals surface area contributed by atoms with Gasteiger partial charge >= 0.3 is 0 Å². The molecule has 2 heterocycles. The summed E-state index contributed by atoms with van der Waals surface area (Å²) >= 11 is 0. The van der Waals surface area contributed by atoms with E-state index in [-0.39, 0.29) is 5.91 Å². The number of nitrogens with zero attached hydrogens (tertiary/aromatic N) is 3. The van der Waals surface area contributed by atoms with E-state index in [9.17, 15) is 4.79 Å². The van der Waals surface area contributed by atoms with Crippen molar-refractivity contribution in [2.24, 2.45) is 0 Å². The van der Waals surface area contributed by atoms with Crippen molar-refractivity contribution < 1.29 is 4.79 Å². The molecule has 0 radical (unpaired) electrons. The van der Waals surface area contributed by atoms with Crippen molar-refractivity contribution in [3.05, 3.63) is 47.4 Å². The van der Waals surface area contributed by atoms with E-state index in [0.717, 1.165) is 42.1 Å². The van der Waals surface area contributed by atoms with E-state index >= 15 is 0 Å². The maximum Gasteiger partial charge on any atom is 0.275 e. The molecule has 120 valence electrons.